The number of rotatable bonds is 7. The van der Waals surface area contributed by atoms with Crippen molar-refractivity contribution in [1.29, 1.82) is 0 Å². The number of carbonyl (C=O) groups excluding carboxylic acids is 1. The van der Waals surface area contributed by atoms with Gasteiger partial charge in [-0.3, -0.25) is 4.79 Å². The van der Waals surface area contributed by atoms with E-state index in [1.165, 1.54) is 0 Å². The molecule has 0 unspecified atom stereocenters. The average Bonchev–Trinajstić information content (AvgIpc) is 3.11. The van der Waals surface area contributed by atoms with Gasteiger partial charge in [0, 0.05) is 12.0 Å². The summed E-state index contributed by atoms with van der Waals surface area (Å²) in [5, 5.41) is 0. The second-order valence-corrected chi connectivity index (χ2v) is 7.23. The fourth-order valence-corrected chi connectivity index (χ4v) is 3.56. The summed E-state index contributed by atoms with van der Waals surface area (Å²) in [6.45, 7) is 2.89. The molecular formula is C26H24O3. The molecule has 0 fully saturated rings. The number of carbonyl (C=O) groups is 1. The normalized spacial score (nSPS) is 13.6. The van der Waals surface area contributed by atoms with E-state index < -0.39 is 0 Å². The molecular weight excluding hydrogens is 360 g/mol. The molecule has 4 rings (SSSR count). The third kappa shape index (κ3) is 4.57. The average molecular weight is 384 g/mol. The summed E-state index contributed by atoms with van der Waals surface area (Å²) in [7, 11) is 0. The first-order valence-corrected chi connectivity index (χ1v) is 9.91. The highest BCUT2D eigenvalue weighted by molar-refractivity contribution is 6.07. The van der Waals surface area contributed by atoms with Crippen molar-refractivity contribution in [2.45, 2.75) is 33.0 Å². The third-order valence-corrected chi connectivity index (χ3v) is 5.23. The van der Waals surface area contributed by atoms with Crippen LogP contribution in [0.3, 0.4) is 0 Å². The summed E-state index contributed by atoms with van der Waals surface area (Å²) >= 11 is 0. The van der Waals surface area contributed by atoms with Crippen LogP contribution in [0, 0.1) is 0 Å². The quantitative estimate of drug-likeness (QED) is 0.503. The molecule has 0 N–H and O–H groups in total. The van der Waals surface area contributed by atoms with Crippen molar-refractivity contribution in [2.24, 2.45) is 0 Å². The Labute approximate surface area is 171 Å². The van der Waals surface area contributed by atoms with E-state index in [0.29, 0.717) is 19.6 Å². The third-order valence-electron chi connectivity index (χ3n) is 5.23. The van der Waals surface area contributed by atoms with Crippen molar-refractivity contribution in [1.82, 2.24) is 0 Å². The first kappa shape index (κ1) is 19.0. The summed E-state index contributed by atoms with van der Waals surface area (Å²) in [5.74, 6) is 1.77. The largest absolute Gasteiger partial charge is 0.489 e. The first-order valence-electron chi connectivity index (χ1n) is 9.91. The Morgan fingerprint density at radius 3 is 1.97 bits per heavy atom. The maximum atomic E-state index is 12.1. The van der Waals surface area contributed by atoms with E-state index in [1.807, 2.05) is 85.8 Å². The molecule has 3 heteroatoms. The van der Waals surface area contributed by atoms with E-state index in [9.17, 15) is 4.79 Å². The Kier molecular flexibility index (Phi) is 5.76. The fourth-order valence-electron chi connectivity index (χ4n) is 3.56. The molecule has 0 radical (unpaired) electrons. The zero-order valence-electron chi connectivity index (χ0n) is 16.6. The molecule has 0 amide bonds. The van der Waals surface area contributed by atoms with Gasteiger partial charge in [-0.05, 0) is 53.8 Å². The molecule has 0 aliphatic heterocycles. The van der Waals surface area contributed by atoms with E-state index in [0.717, 1.165) is 45.8 Å². The van der Waals surface area contributed by atoms with Gasteiger partial charge >= 0.3 is 0 Å². The summed E-state index contributed by atoms with van der Waals surface area (Å²) < 4.78 is 12.1. The molecule has 0 aromatic heterocycles. The van der Waals surface area contributed by atoms with E-state index >= 15 is 0 Å². The summed E-state index contributed by atoms with van der Waals surface area (Å²) in [6.07, 6.45) is 1.31. The van der Waals surface area contributed by atoms with Gasteiger partial charge in [-0.2, -0.15) is 0 Å². The molecule has 146 valence electrons. The summed E-state index contributed by atoms with van der Waals surface area (Å²) in [6, 6.07) is 26.0. The molecule has 1 aliphatic rings. The van der Waals surface area contributed by atoms with Crippen LogP contribution in [-0.4, -0.2) is 5.78 Å². The highest BCUT2D eigenvalue weighted by Gasteiger charge is 2.23. The molecule has 3 aromatic rings. The van der Waals surface area contributed by atoms with Crippen molar-refractivity contribution in [3.05, 3.63) is 101 Å². The van der Waals surface area contributed by atoms with Gasteiger partial charge < -0.3 is 9.47 Å². The Bertz CT molecular complexity index is 1020. The molecule has 29 heavy (non-hydrogen) atoms. The van der Waals surface area contributed by atoms with Crippen LogP contribution < -0.4 is 9.47 Å². The van der Waals surface area contributed by atoms with Gasteiger partial charge in [-0.15, -0.1) is 0 Å². The van der Waals surface area contributed by atoms with Crippen LogP contribution in [0.5, 0.6) is 11.5 Å². The predicted octanol–water partition coefficient (Wildman–Crippen LogP) is 5.98. The van der Waals surface area contributed by atoms with Crippen LogP contribution in [0.15, 0.2) is 84.4 Å². The molecule has 0 spiro atoms. The molecule has 3 aromatic carbocycles. The number of ketones is 1. The summed E-state index contributed by atoms with van der Waals surface area (Å²) in [4.78, 5) is 12.1. The van der Waals surface area contributed by atoms with Gasteiger partial charge in [0.25, 0.3) is 0 Å². The maximum absolute atomic E-state index is 12.1. The van der Waals surface area contributed by atoms with E-state index in [1.54, 1.807) is 0 Å². The second kappa shape index (κ2) is 8.78. The van der Waals surface area contributed by atoms with Crippen LogP contribution in [0.1, 0.15) is 36.5 Å². The topological polar surface area (TPSA) is 35.5 Å². The number of benzene rings is 3. The minimum Gasteiger partial charge on any atom is -0.489 e. The molecule has 0 heterocycles. The van der Waals surface area contributed by atoms with Gasteiger partial charge in [0.2, 0.25) is 0 Å². The molecule has 0 saturated heterocycles. The van der Waals surface area contributed by atoms with Gasteiger partial charge in [0.15, 0.2) is 5.78 Å². The standard InChI is InChI=1S/C26H24O3/c1-19-23(13-14-25(19)27)24-16-22(28-17-20-8-4-2-5-9-20)12-15-26(24)29-18-21-10-6-3-7-11-21/h2-12,15-16H,13-14,17-18H2,1H3. The molecule has 1 aliphatic carbocycles. The van der Waals surface area contributed by atoms with Crippen molar-refractivity contribution < 1.29 is 14.3 Å². The number of ether oxygens (including phenoxy) is 2. The lowest BCUT2D eigenvalue weighted by molar-refractivity contribution is -0.114. The van der Waals surface area contributed by atoms with Crippen molar-refractivity contribution in [2.75, 3.05) is 0 Å². The zero-order valence-corrected chi connectivity index (χ0v) is 16.6. The van der Waals surface area contributed by atoms with Crippen molar-refractivity contribution in [3.63, 3.8) is 0 Å². The van der Waals surface area contributed by atoms with Gasteiger partial charge in [0.1, 0.15) is 24.7 Å². The minimum absolute atomic E-state index is 0.213. The van der Waals surface area contributed by atoms with Crippen LogP contribution in [-0.2, 0) is 18.0 Å². The lowest BCUT2D eigenvalue weighted by Gasteiger charge is -2.15. The molecule has 3 nitrogen and oxygen atoms in total. The monoisotopic (exact) mass is 384 g/mol. The highest BCUT2D eigenvalue weighted by atomic mass is 16.5. The smallest absolute Gasteiger partial charge is 0.159 e. The summed E-state index contributed by atoms with van der Waals surface area (Å²) in [5.41, 5.74) is 5.06. The molecule has 0 atom stereocenters. The zero-order chi connectivity index (χ0) is 20.1. The van der Waals surface area contributed by atoms with Gasteiger partial charge in [-0.25, -0.2) is 0 Å². The Morgan fingerprint density at radius 2 is 1.38 bits per heavy atom. The van der Waals surface area contributed by atoms with Crippen molar-refractivity contribution >= 4 is 11.4 Å². The van der Waals surface area contributed by atoms with Crippen LogP contribution in [0.2, 0.25) is 0 Å². The first-order chi connectivity index (χ1) is 14.2. The molecule has 0 bridgehead atoms. The number of hydrogen-bond donors (Lipinski definition) is 0. The lowest BCUT2D eigenvalue weighted by Crippen LogP contribution is -2.01. The van der Waals surface area contributed by atoms with Crippen LogP contribution in [0.4, 0.5) is 0 Å². The fraction of sp³-hybridized carbons (Fsp3) is 0.192. The van der Waals surface area contributed by atoms with E-state index in [4.69, 9.17) is 9.47 Å². The Morgan fingerprint density at radius 1 is 0.759 bits per heavy atom. The van der Waals surface area contributed by atoms with Crippen LogP contribution in [0.25, 0.3) is 5.57 Å². The lowest BCUT2D eigenvalue weighted by atomic mass is 10.0. The number of Topliss-reactive ketones (excluding diaryl/α,β-unsaturated/α-hetero) is 1. The van der Waals surface area contributed by atoms with Gasteiger partial charge in [0.05, 0.1) is 0 Å². The van der Waals surface area contributed by atoms with E-state index in [-0.39, 0.29) is 5.78 Å². The Hall–Kier alpha value is -3.33. The highest BCUT2D eigenvalue weighted by Crippen LogP contribution is 2.38. The number of hydrogen-bond acceptors (Lipinski definition) is 3. The van der Waals surface area contributed by atoms with Crippen molar-refractivity contribution in [3.8, 4) is 11.5 Å². The molecule has 0 saturated carbocycles. The minimum atomic E-state index is 0.213. The van der Waals surface area contributed by atoms with Crippen LogP contribution >= 0.6 is 0 Å². The van der Waals surface area contributed by atoms with E-state index in [2.05, 4.69) is 0 Å². The predicted molar refractivity (Wildman–Crippen MR) is 115 cm³/mol. The SMILES string of the molecule is CC1=C(c2cc(OCc3ccccc3)ccc2OCc2ccccc2)CCC1=O. The maximum Gasteiger partial charge on any atom is 0.159 e. The van der Waals surface area contributed by atoms with Gasteiger partial charge in [-0.1, -0.05) is 60.7 Å². The second-order valence-electron chi connectivity index (χ2n) is 7.23. The Balaban J connectivity index is 1.59. The number of allylic oxidation sites excluding steroid dienone is 2.